The highest BCUT2D eigenvalue weighted by molar-refractivity contribution is 5.86. The van der Waals surface area contributed by atoms with E-state index in [9.17, 15) is 4.79 Å². The molecule has 0 saturated carbocycles. The Labute approximate surface area is 129 Å². The number of nitrogens with one attached hydrogen (secondary N) is 2. The van der Waals surface area contributed by atoms with Crippen LogP contribution in [0.1, 0.15) is 28.3 Å². The van der Waals surface area contributed by atoms with E-state index in [0.29, 0.717) is 5.76 Å². The number of nitrogens with zero attached hydrogens (tertiary/aromatic N) is 2. The molecule has 0 atom stereocenters. The smallest absolute Gasteiger partial charge is 0.323 e. The van der Waals surface area contributed by atoms with Gasteiger partial charge in [-0.05, 0) is 27.7 Å². The average Bonchev–Trinajstić information content (AvgIpc) is 2.77. The maximum absolute atomic E-state index is 11.9. The van der Waals surface area contributed by atoms with Crippen molar-refractivity contribution >= 4 is 12.0 Å². The summed E-state index contributed by atoms with van der Waals surface area (Å²) in [6.45, 7) is 7.72. The van der Waals surface area contributed by atoms with Crippen molar-refractivity contribution in [1.82, 2.24) is 15.3 Å². The molecule has 118 valence electrons. The summed E-state index contributed by atoms with van der Waals surface area (Å²) in [6.07, 6.45) is 1.72. The normalized spacial score (nSPS) is 10.4. The van der Waals surface area contributed by atoms with Crippen LogP contribution in [0.3, 0.4) is 0 Å². The van der Waals surface area contributed by atoms with E-state index in [4.69, 9.17) is 9.15 Å². The number of carbonyl (C=O) groups is 1. The molecule has 0 fully saturated rings. The number of amides is 2. The minimum atomic E-state index is -0.401. The maximum Gasteiger partial charge on any atom is 0.323 e. The van der Waals surface area contributed by atoms with Crippen LogP contribution in [0, 0.1) is 27.7 Å². The van der Waals surface area contributed by atoms with Gasteiger partial charge < -0.3 is 14.5 Å². The van der Waals surface area contributed by atoms with E-state index in [0.717, 1.165) is 28.3 Å². The number of methoxy groups -OCH3 is 1. The number of ether oxygens (including phenoxy) is 1. The molecule has 2 aromatic rings. The molecule has 2 amide bonds. The number of aromatic nitrogens is 2. The van der Waals surface area contributed by atoms with Crippen molar-refractivity contribution in [2.45, 2.75) is 34.2 Å². The minimum absolute atomic E-state index is 0.179. The number of oxazole rings is 1. The van der Waals surface area contributed by atoms with Crippen LogP contribution in [0.2, 0.25) is 0 Å². The lowest BCUT2D eigenvalue weighted by molar-refractivity contribution is 0.251. The van der Waals surface area contributed by atoms with Crippen LogP contribution >= 0.6 is 0 Å². The van der Waals surface area contributed by atoms with Crippen LogP contribution in [0.5, 0.6) is 5.75 Å². The molecule has 0 spiro atoms. The van der Waals surface area contributed by atoms with Crippen LogP contribution in [0.25, 0.3) is 0 Å². The van der Waals surface area contributed by atoms with Crippen LogP contribution in [0.15, 0.2) is 10.6 Å². The summed E-state index contributed by atoms with van der Waals surface area (Å²) in [5, 5.41) is 5.27. The van der Waals surface area contributed by atoms with E-state index in [1.807, 2.05) is 20.8 Å². The zero-order chi connectivity index (χ0) is 16.3. The molecular formula is C15H20N4O3. The largest absolute Gasteiger partial charge is 0.496 e. The average molecular weight is 304 g/mol. The lowest BCUT2D eigenvalue weighted by Crippen LogP contribution is -2.29. The Morgan fingerprint density at radius 3 is 2.64 bits per heavy atom. The number of hydrogen-bond acceptors (Lipinski definition) is 5. The molecule has 2 rings (SSSR count). The molecule has 7 nitrogen and oxygen atoms in total. The molecular weight excluding hydrogens is 284 g/mol. The third kappa shape index (κ3) is 3.36. The van der Waals surface area contributed by atoms with E-state index in [-0.39, 0.29) is 12.6 Å². The zero-order valence-electron chi connectivity index (χ0n) is 13.4. The van der Waals surface area contributed by atoms with E-state index >= 15 is 0 Å². The first-order chi connectivity index (χ1) is 10.4. The summed E-state index contributed by atoms with van der Waals surface area (Å²) in [5.74, 6) is 1.46. The number of rotatable bonds is 4. The predicted octanol–water partition coefficient (Wildman–Crippen LogP) is 2.63. The molecule has 0 bridgehead atoms. The number of pyridine rings is 1. The van der Waals surface area contributed by atoms with Crippen molar-refractivity contribution in [2.75, 3.05) is 12.4 Å². The van der Waals surface area contributed by atoms with Gasteiger partial charge in [-0.1, -0.05) is 0 Å². The molecule has 22 heavy (non-hydrogen) atoms. The monoisotopic (exact) mass is 304 g/mol. The SMILES string of the molecule is COc1c(C)cnc(CNC(=O)Nc2nc(C)c(C)o2)c1C. The number of urea groups is 1. The first-order valence-corrected chi connectivity index (χ1v) is 6.90. The third-order valence-corrected chi connectivity index (χ3v) is 3.42. The summed E-state index contributed by atoms with van der Waals surface area (Å²) < 4.78 is 10.6. The number of hydrogen-bond donors (Lipinski definition) is 2. The third-order valence-electron chi connectivity index (χ3n) is 3.42. The van der Waals surface area contributed by atoms with Gasteiger partial charge in [0.2, 0.25) is 0 Å². The van der Waals surface area contributed by atoms with Crippen molar-refractivity contribution in [3.8, 4) is 5.75 Å². The number of carbonyl (C=O) groups excluding carboxylic acids is 1. The molecule has 0 radical (unpaired) electrons. The standard InChI is InChI=1S/C15H20N4O3/c1-8-6-16-12(9(2)13(8)21-5)7-17-14(20)19-15-18-10(3)11(4)22-15/h6H,7H2,1-5H3,(H2,17,18,19,20). The van der Waals surface area contributed by atoms with Gasteiger partial charge >= 0.3 is 12.0 Å². The summed E-state index contributed by atoms with van der Waals surface area (Å²) >= 11 is 0. The number of anilines is 1. The lowest BCUT2D eigenvalue weighted by Gasteiger charge is -2.12. The quantitative estimate of drug-likeness (QED) is 0.906. The molecule has 0 aromatic carbocycles. The lowest BCUT2D eigenvalue weighted by atomic mass is 10.1. The summed E-state index contributed by atoms with van der Waals surface area (Å²) in [6, 6.07) is -0.222. The van der Waals surface area contributed by atoms with Crippen molar-refractivity contribution in [3.05, 3.63) is 34.5 Å². The van der Waals surface area contributed by atoms with Gasteiger partial charge in [-0.3, -0.25) is 10.3 Å². The molecule has 0 unspecified atom stereocenters. The Balaban J connectivity index is 1.99. The predicted molar refractivity (Wildman–Crippen MR) is 82.1 cm³/mol. The summed E-state index contributed by atoms with van der Waals surface area (Å²) in [5.41, 5.74) is 3.36. The highest BCUT2D eigenvalue weighted by atomic mass is 16.5. The fraction of sp³-hybridized carbons (Fsp3) is 0.400. The van der Waals surface area contributed by atoms with Crippen molar-refractivity contribution in [1.29, 1.82) is 0 Å². The second-order valence-corrected chi connectivity index (χ2v) is 5.01. The van der Waals surface area contributed by atoms with Crippen LogP contribution in [-0.4, -0.2) is 23.1 Å². The Morgan fingerprint density at radius 1 is 1.32 bits per heavy atom. The molecule has 7 heteroatoms. The summed E-state index contributed by atoms with van der Waals surface area (Å²) in [7, 11) is 1.62. The molecule has 0 aliphatic carbocycles. The fourth-order valence-electron chi connectivity index (χ4n) is 2.08. The van der Waals surface area contributed by atoms with Gasteiger partial charge in [0.1, 0.15) is 11.5 Å². The second kappa shape index (κ2) is 6.46. The minimum Gasteiger partial charge on any atom is -0.496 e. The van der Waals surface area contributed by atoms with E-state index in [1.165, 1.54) is 0 Å². The van der Waals surface area contributed by atoms with Gasteiger partial charge in [-0.25, -0.2) is 4.79 Å². The zero-order valence-corrected chi connectivity index (χ0v) is 13.4. The molecule has 2 N–H and O–H groups in total. The fourth-order valence-corrected chi connectivity index (χ4v) is 2.08. The van der Waals surface area contributed by atoms with Gasteiger partial charge in [0, 0.05) is 17.3 Å². The van der Waals surface area contributed by atoms with Crippen LogP contribution < -0.4 is 15.4 Å². The Bertz CT molecular complexity index is 675. The molecule has 0 aliphatic heterocycles. The van der Waals surface area contributed by atoms with Crippen LogP contribution in [-0.2, 0) is 6.54 Å². The first kappa shape index (κ1) is 15.8. The topological polar surface area (TPSA) is 89.3 Å². The van der Waals surface area contributed by atoms with Crippen molar-refractivity contribution in [2.24, 2.45) is 0 Å². The van der Waals surface area contributed by atoms with E-state index in [2.05, 4.69) is 20.6 Å². The Kier molecular flexibility index (Phi) is 4.65. The summed E-state index contributed by atoms with van der Waals surface area (Å²) in [4.78, 5) is 20.3. The molecule has 2 heterocycles. The van der Waals surface area contributed by atoms with Crippen LogP contribution in [0.4, 0.5) is 10.8 Å². The van der Waals surface area contributed by atoms with Crippen molar-refractivity contribution < 1.29 is 13.9 Å². The maximum atomic E-state index is 11.9. The number of aryl methyl sites for hydroxylation is 3. The van der Waals surface area contributed by atoms with Crippen molar-refractivity contribution in [3.63, 3.8) is 0 Å². The highest BCUT2D eigenvalue weighted by Crippen LogP contribution is 2.23. The highest BCUT2D eigenvalue weighted by Gasteiger charge is 2.12. The Hall–Kier alpha value is -2.57. The van der Waals surface area contributed by atoms with Gasteiger partial charge in [0.15, 0.2) is 0 Å². The van der Waals surface area contributed by atoms with Gasteiger partial charge in [0.25, 0.3) is 0 Å². The molecule has 0 aliphatic rings. The first-order valence-electron chi connectivity index (χ1n) is 6.90. The Morgan fingerprint density at radius 2 is 2.05 bits per heavy atom. The van der Waals surface area contributed by atoms with E-state index in [1.54, 1.807) is 20.2 Å². The molecule has 2 aromatic heterocycles. The second-order valence-electron chi connectivity index (χ2n) is 5.01. The van der Waals surface area contributed by atoms with Gasteiger partial charge in [-0.15, -0.1) is 0 Å². The van der Waals surface area contributed by atoms with Gasteiger partial charge in [-0.2, -0.15) is 4.98 Å². The van der Waals surface area contributed by atoms with Gasteiger partial charge in [0.05, 0.1) is 25.0 Å². The molecule has 0 saturated heterocycles. The van der Waals surface area contributed by atoms with E-state index < -0.39 is 6.03 Å².